The first-order valence-corrected chi connectivity index (χ1v) is 7.34. The van der Waals surface area contributed by atoms with Gasteiger partial charge in [0.2, 0.25) is 0 Å². The fourth-order valence-electron chi connectivity index (χ4n) is 2.20. The Morgan fingerprint density at radius 1 is 1.20 bits per heavy atom. The van der Waals surface area contributed by atoms with E-state index in [2.05, 4.69) is 15.9 Å². The normalized spacial score (nSPS) is 15.9. The van der Waals surface area contributed by atoms with E-state index < -0.39 is 11.8 Å². The van der Waals surface area contributed by atoms with Crippen molar-refractivity contribution in [2.24, 2.45) is 0 Å². The van der Waals surface area contributed by atoms with Crippen LogP contribution >= 0.6 is 15.9 Å². The van der Waals surface area contributed by atoms with E-state index in [-0.39, 0.29) is 12.4 Å². The van der Waals surface area contributed by atoms with Gasteiger partial charge in [-0.3, -0.25) is 9.59 Å². The minimum atomic E-state index is -0.549. The predicted octanol–water partition coefficient (Wildman–Crippen LogP) is 2.17. The number of carbonyl (C=O) groups excluding carboxylic acids is 2. The summed E-state index contributed by atoms with van der Waals surface area (Å²) in [5.41, 5.74) is 0.415. The highest BCUT2D eigenvalue weighted by molar-refractivity contribution is 9.10. The summed E-state index contributed by atoms with van der Waals surface area (Å²) in [5.74, 6) is -1.42. The molecule has 2 amide bonds. The molecule has 0 aromatic heterocycles. The first kappa shape index (κ1) is 15.0. The quantitative estimate of drug-likeness (QED) is 0.787. The van der Waals surface area contributed by atoms with Crippen molar-refractivity contribution in [3.8, 4) is 0 Å². The van der Waals surface area contributed by atoms with Crippen LogP contribution in [0.1, 0.15) is 18.9 Å². The largest absolute Gasteiger partial charge is 0.333 e. The monoisotopic (exact) mass is 342 g/mol. The number of hydrogen-bond acceptors (Lipinski definition) is 2. The van der Waals surface area contributed by atoms with Gasteiger partial charge >= 0.3 is 11.8 Å². The van der Waals surface area contributed by atoms with Gasteiger partial charge in [-0.1, -0.05) is 28.9 Å². The van der Waals surface area contributed by atoms with E-state index in [9.17, 15) is 14.0 Å². The van der Waals surface area contributed by atoms with Gasteiger partial charge in [-0.2, -0.15) is 0 Å². The van der Waals surface area contributed by atoms with E-state index in [0.29, 0.717) is 29.7 Å². The van der Waals surface area contributed by atoms with Crippen LogP contribution in [0, 0.1) is 5.82 Å². The van der Waals surface area contributed by atoms with Crippen LogP contribution in [0.3, 0.4) is 0 Å². The molecule has 1 heterocycles. The van der Waals surface area contributed by atoms with Gasteiger partial charge in [0, 0.05) is 36.2 Å². The molecule has 0 atom stereocenters. The number of benzene rings is 1. The lowest BCUT2D eigenvalue weighted by molar-refractivity contribution is -0.156. The molecule has 0 radical (unpaired) electrons. The van der Waals surface area contributed by atoms with E-state index >= 15 is 0 Å². The van der Waals surface area contributed by atoms with E-state index in [1.54, 1.807) is 17.0 Å². The fraction of sp³-hybridized carbons (Fsp3) is 0.429. The molecule has 0 spiro atoms. The summed E-state index contributed by atoms with van der Waals surface area (Å²) in [5, 5.41) is 0. The lowest BCUT2D eigenvalue weighted by Crippen LogP contribution is -2.54. The number of amides is 2. The molecule has 1 fully saturated rings. The molecule has 1 aliphatic heterocycles. The molecular weight excluding hydrogens is 327 g/mol. The Morgan fingerprint density at radius 3 is 2.50 bits per heavy atom. The van der Waals surface area contributed by atoms with Gasteiger partial charge < -0.3 is 9.80 Å². The second-order valence-electron chi connectivity index (χ2n) is 4.75. The molecule has 1 saturated heterocycles. The van der Waals surface area contributed by atoms with Crippen molar-refractivity contribution in [1.82, 2.24) is 9.80 Å². The second kappa shape index (κ2) is 6.35. The molecule has 1 aliphatic rings. The van der Waals surface area contributed by atoms with Crippen molar-refractivity contribution < 1.29 is 14.0 Å². The third kappa shape index (κ3) is 3.17. The summed E-state index contributed by atoms with van der Waals surface area (Å²) in [6.45, 7) is 3.63. The lowest BCUT2D eigenvalue weighted by atomic mass is 10.1. The summed E-state index contributed by atoms with van der Waals surface area (Å²) >= 11 is 3.19. The molecule has 0 aliphatic carbocycles. The third-order valence-corrected chi connectivity index (χ3v) is 3.76. The van der Waals surface area contributed by atoms with Crippen LogP contribution in [0.4, 0.5) is 4.39 Å². The van der Waals surface area contributed by atoms with Crippen LogP contribution in [-0.4, -0.2) is 41.2 Å². The zero-order chi connectivity index (χ0) is 14.7. The molecule has 1 aromatic rings. The Kier molecular flexibility index (Phi) is 4.75. The number of piperazine rings is 1. The highest BCUT2D eigenvalue weighted by Crippen LogP contribution is 2.18. The van der Waals surface area contributed by atoms with Gasteiger partial charge in [0.1, 0.15) is 5.82 Å². The van der Waals surface area contributed by atoms with Gasteiger partial charge in [-0.15, -0.1) is 0 Å². The zero-order valence-electron chi connectivity index (χ0n) is 11.2. The van der Waals surface area contributed by atoms with Crippen molar-refractivity contribution in [2.75, 3.05) is 19.6 Å². The van der Waals surface area contributed by atoms with Crippen LogP contribution in [0.25, 0.3) is 0 Å². The summed E-state index contributed by atoms with van der Waals surface area (Å²) in [6, 6.07) is 4.70. The maximum Gasteiger partial charge on any atom is 0.312 e. The van der Waals surface area contributed by atoms with Crippen molar-refractivity contribution in [1.29, 1.82) is 0 Å². The number of hydrogen-bond donors (Lipinski definition) is 0. The Balaban J connectivity index is 2.07. The molecule has 0 saturated carbocycles. The topological polar surface area (TPSA) is 40.6 Å². The fourth-order valence-corrected chi connectivity index (χ4v) is 2.54. The minimum absolute atomic E-state index is 0.129. The average Bonchev–Trinajstić information content (AvgIpc) is 2.41. The van der Waals surface area contributed by atoms with Crippen LogP contribution in [-0.2, 0) is 16.1 Å². The zero-order valence-corrected chi connectivity index (χ0v) is 12.8. The molecule has 20 heavy (non-hydrogen) atoms. The van der Waals surface area contributed by atoms with E-state index in [1.807, 2.05) is 6.92 Å². The molecule has 1 aromatic carbocycles. The SMILES string of the molecule is CCCN1CCN(Cc2ccc(Br)cc2F)C(=O)C1=O. The first-order valence-electron chi connectivity index (χ1n) is 6.55. The second-order valence-corrected chi connectivity index (χ2v) is 5.67. The molecule has 0 unspecified atom stereocenters. The smallest absolute Gasteiger partial charge is 0.312 e. The molecule has 6 heteroatoms. The Bertz CT molecular complexity index is 536. The summed E-state index contributed by atoms with van der Waals surface area (Å²) < 4.78 is 14.4. The van der Waals surface area contributed by atoms with Gasteiger partial charge in [0.05, 0.1) is 0 Å². The Morgan fingerprint density at radius 2 is 1.85 bits per heavy atom. The number of halogens is 2. The number of rotatable bonds is 4. The summed E-state index contributed by atoms with van der Waals surface area (Å²) in [4.78, 5) is 26.8. The molecule has 4 nitrogen and oxygen atoms in total. The van der Waals surface area contributed by atoms with Gasteiger partial charge in [-0.25, -0.2) is 4.39 Å². The van der Waals surface area contributed by atoms with Gasteiger partial charge in [-0.05, 0) is 18.6 Å². The van der Waals surface area contributed by atoms with Crippen LogP contribution in [0.2, 0.25) is 0 Å². The standard InChI is InChI=1S/C14H16BrFN2O2/c1-2-5-17-6-7-18(14(20)13(17)19)9-10-3-4-11(15)8-12(10)16/h3-4,8H,2,5-7,9H2,1H3. The summed E-state index contributed by atoms with van der Waals surface area (Å²) in [7, 11) is 0. The van der Waals surface area contributed by atoms with Crippen LogP contribution in [0.5, 0.6) is 0 Å². The number of nitrogens with zero attached hydrogens (tertiary/aromatic N) is 2. The molecule has 0 N–H and O–H groups in total. The van der Waals surface area contributed by atoms with Gasteiger partial charge in [0.15, 0.2) is 0 Å². The number of carbonyl (C=O) groups is 2. The molecular formula is C14H16BrFN2O2. The van der Waals surface area contributed by atoms with Gasteiger partial charge in [0.25, 0.3) is 0 Å². The van der Waals surface area contributed by atoms with Crippen molar-refractivity contribution in [3.05, 3.63) is 34.1 Å². The third-order valence-electron chi connectivity index (χ3n) is 3.27. The highest BCUT2D eigenvalue weighted by atomic mass is 79.9. The van der Waals surface area contributed by atoms with Crippen LogP contribution < -0.4 is 0 Å². The maximum absolute atomic E-state index is 13.8. The van der Waals surface area contributed by atoms with Crippen molar-refractivity contribution in [3.63, 3.8) is 0 Å². The highest BCUT2D eigenvalue weighted by Gasteiger charge is 2.32. The van der Waals surface area contributed by atoms with E-state index in [4.69, 9.17) is 0 Å². The maximum atomic E-state index is 13.8. The average molecular weight is 343 g/mol. The molecule has 108 valence electrons. The van der Waals surface area contributed by atoms with Crippen molar-refractivity contribution >= 4 is 27.7 Å². The van der Waals surface area contributed by atoms with E-state index in [0.717, 1.165) is 6.42 Å². The van der Waals surface area contributed by atoms with Crippen molar-refractivity contribution in [2.45, 2.75) is 19.9 Å². The first-order chi connectivity index (χ1) is 9.52. The molecule has 0 bridgehead atoms. The Labute approximate surface area is 125 Å². The Hall–Kier alpha value is -1.43. The lowest BCUT2D eigenvalue weighted by Gasteiger charge is -2.33. The molecule has 2 rings (SSSR count). The minimum Gasteiger partial charge on any atom is -0.333 e. The predicted molar refractivity (Wildman–Crippen MR) is 76.4 cm³/mol. The summed E-state index contributed by atoms with van der Waals surface area (Å²) in [6.07, 6.45) is 0.820. The van der Waals surface area contributed by atoms with E-state index in [1.165, 1.54) is 11.0 Å². The van der Waals surface area contributed by atoms with Crippen LogP contribution in [0.15, 0.2) is 22.7 Å².